The smallest absolute Gasteiger partial charge is 0.255 e. The molecule has 2 aromatic rings. The minimum absolute atomic E-state index is 0. The minimum Gasteiger partial charge on any atom is -0.334 e. The van der Waals surface area contributed by atoms with Crippen molar-refractivity contribution in [1.82, 2.24) is 24.6 Å². The number of hydrogen-bond donors (Lipinski definition) is 1. The Bertz CT molecular complexity index is 634. The quantitative estimate of drug-likeness (QED) is 0.885. The van der Waals surface area contributed by atoms with Gasteiger partial charge in [-0.3, -0.25) is 4.79 Å². The second kappa shape index (κ2) is 8.96. The maximum Gasteiger partial charge on any atom is 0.255 e. The van der Waals surface area contributed by atoms with E-state index in [4.69, 9.17) is 5.73 Å². The first-order valence-electron chi connectivity index (χ1n) is 7.51. The molecular formula is C15H22Cl2N6O. The third-order valence-corrected chi connectivity index (χ3v) is 4.16. The van der Waals surface area contributed by atoms with Gasteiger partial charge in [0.25, 0.3) is 5.91 Å². The largest absolute Gasteiger partial charge is 0.334 e. The number of amides is 1. The summed E-state index contributed by atoms with van der Waals surface area (Å²) < 4.78 is 1.56. The molecule has 7 nitrogen and oxygen atoms in total. The van der Waals surface area contributed by atoms with Gasteiger partial charge in [-0.25, -0.2) is 14.6 Å². The fourth-order valence-electron chi connectivity index (χ4n) is 2.88. The Balaban J connectivity index is 0.00000144. The first-order valence-corrected chi connectivity index (χ1v) is 7.51. The van der Waals surface area contributed by atoms with Gasteiger partial charge >= 0.3 is 0 Å². The lowest BCUT2D eigenvalue weighted by atomic mass is 9.92. The predicted molar refractivity (Wildman–Crippen MR) is 95.9 cm³/mol. The number of nitrogens with zero attached hydrogens (tertiary/aromatic N) is 5. The molecule has 2 N–H and O–H groups in total. The summed E-state index contributed by atoms with van der Waals surface area (Å²) in [7, 11) is 0. The molecule has 0 aromatic carbocycles. The van der Waals surface area contributed by atoms with Crippen molar-refractivity contribution in [3.63, 3.8) is 0 Å². The lowest BCUT2D eigenvalue weighted by Crippen LogP contribution is -2.49. The number of halogens is 2. The zero-order chi connectivity index (χ0) is 15.5. The van der Waals surface area contributed by atoms with Crippen molar-refractivity contribution >= 4 is 30.7 Å². The number of carbonyl (C=O) groups is 1. The van der Waals surface area contributed by atoms with E-state index in [1.54, 1.807) is 29.3 Å². The van der Waals surface area contributed by atoms with Crippen LogP contribution in [0.2, 0.25) is 0 Å². The molecule has 24 heavy (non-hydrogen) atoms. The van der Waals surface area contributed by atoms with Gasteiger partial charge in [-0.1, -0.05) is 6.92 Å². The van der Waals surface area contributed by atoms with Crippen molar-refractivity contribution in [2.75, 3.05) is 13.1 Å². The highest BCUT2D eigenvalue weighted by atomic mass is 35.5. The fourth-order valence-corrected chi connectivity index (χ4v) is 2.88. The normalized spacial score (nSPS) is 20.0. The van der Waals surface area contributed by atoms with Crippen molar-refractivity contribution in [1.29, 1.82) is 0 Å². The molecule has 2 atom stereocenters. The summed E-state index contributed by atoms with van der Waals surface area (Å²) in [6, 6.07) is 3.66. The molecule has 1 saturated heterocycles. The van der Waals surface area contributed by atoms with Crippen LogP contribution in [0.3, 0.4) is 0 Å². The molecule has 1 fully saturated rings. The van der Waals surface area contributed by atoms with E-state index in [2.05, 4.69) is 22.0 Å². The van der Waals surface area contributed by atoms with E-state index in [1.165, 1.54) is 6.33 Å². The monoisotopic (exact) mass is 372 g/mol. The van der Waals surface area contributed by atoms with Crippen LogP contribution in [-0.2, 0) is 0 Å². The van der Waals surface area contributed by atoms with Gasteiger partial charge in [0.1, 0.15) is 12.7 Å². The number of hydrogen-bond acceptors (Lipinski definition) is 5. The van der Waals surface area contributed by atoms with Crippen LogP contribution in [0.15, 0.2) is 31.0 Å². The summed E-state index contributed by atoms with van der Waals surface area (Å²) in [5, 5.41) is 4.02. The van der Waals surface area contributed by atoms with E-state index >= 15 is 0 Å². The Morgan fingerprint density at radius 3 is 2.75 bits per heavy atom. The van der Waals surface area contributed by atoms with Crippen LogP contribution < -0.4 is 5.73 Å². The summed E-state index contributed by atoms with van der Waals surface area (Å²) in [4.78, 5) is 22.7. The lowest BCUT2D eigenvalue weighted by Gasteiger charge is -2.38. The van der Waals surface area contributed by atoms with Gasteiger partial charge in [-0.15, -0.1) is 24.8 Å². The molecule has 0 aliphatic carbocycles. The van der Waals surface area contributed by atoms with Gasteiger partial charge in [0.2, 0.25) is 0 Å². The summed E-state index contributed by atoms with van der Waals surface area (Å²) in [5.41, 5.74) is 6.41. The van der Waals surface area contributed by atoms with Crippen molar-refractivity contribution in [2.24, 2.45) is 11.7 Å². The number of rotatable bonds is 3. The number of aromatic nitrogens is 4. The molecule has 3 rings (SSSR count). The molecule has 0 spiro atoms. The molecule has 1 amide bonds. The molecule has 0 radical (unpaired) electrons. The highest BCUT2D eigenvalue weighted by Gasteiger charge is 2.29. The number of likely N-dealkylation sites (tertiary alicyclic amines) is 1. The van der Waals surface area contributed by atoms with Crippen LogP contribution >= 0.6 is 24.8 Å². The number of piperidine rings is 1. The first kappa shape index (κ1) is 20.3. The van der Waals surface area contributed by atoms with Crippen LogP contribution in [0.25, 0.3) is 5.82 Å². The topological polar surface area (TPSA) is 89.9 Å². The van der Waals surface area contributed by atoms with Gasteiger partial charge in [0, 0.05) is 25.3 Å². The molecule has 0 bridgehead atoms. The average molecular weight is 373 g/mol. The molecule has 2 unspecified atom stereocenters. The Morgan fingerprint density at radius 2 is 2.17 bits per heavy atom. The number of carbonyl (C=O) groups excluding carboxylic acids is 1. The van der Waals surface area contributed by atoms with Crippen LogP contribution in [0.4, 0.5) is 0 Å². The van der Waals surface area contributed by atoms with Gasteiger partial charge in [0.05, 0.1) is 5.56 Å². The summed E-state index contributed by atoms with van der Waals surface area (Å²) in [6.07, 6.45) is 6.59. The van der Waals surface area contributed by atoms with Gasteiger partial charge in [-0.05, 0) is 30.9 Å². The molecule has 1 aliphatic rings. The maximum absolute atomic E-state index is 12.7. The fraction of sp³-hybridized carbons (Fsp3) is 0.467. The summed E-state index contributed by atoms with van der Waals surface area (Å²) in [6.45, 7) is 3.46. The van der Waals surface area contributed by atoms with Crippen molar-refractivity contribution in [3.8, 4) is 5.82 Å². The lowest BCUT2D eigenvalue weighted by molar-refractivity contribution is 0.0573. The summed E-state index contributed by atoms with van der Waals surface area (Å²) >= 11 is 0. The third-order valence-electron chi connectivity index (χ3n) is 4.16. The molecular weight excluding hydrogens is 351 g/mol. The Hall–Kier alpha value is -1.70. The van der Waals surface area contributed by atoms with Gasteiger partial charge in [0.15, 0.2) is 5.82 Å². The minimum atomic E-state index is -0.00000898. The van der Waals surface area contributed by atoms with E-state index in [0.717, 1.165) is 19.4 Å². The van der Waals surface area contributed by atoms with Crippen LogP contribution in [0.1, 0.15) is 30.1 Å². The Morgan fingerprint density at radius 1 is 1.38 bits per heavy atom. The Kier molecular flexibility index (Phi) is 7.59. The first-order chi connectivity index (χ1) is 10.7. The van der Waals surface area contributed by atoms with Crippen LogP contribution in [0.5, 0.6) is 0 Å². The molecule has 1 aliphatic heterocycles. The molecule has 9 heteroatoms. The van der Waals surface area contributed by atoms with E-state index in [9.17, 15) is 4.79 Å². The zero-order valence-electron chi connectivity index (χ0n) is 13.4. The SMILES string of the molecule is CC1CCN(C(=O)c2ccc(-n3cncn3)nc2)C(CN)C1.Cl.Cl. The summed E-state index contributed by atoms with van der Waals surface area (Å²) in [5.74, 6) is 1.25. The number of nitrogens with two attached hydrogens (primary N) is 1. The van der Waals surface area contributed by atoms with Crippen molar-refractivity contribution in [2.45, 2.75) is 25.8 Å². The van der Waals surface area contributed by atoms with E-state index in [1.807, 2.05) is 4.90 Å². The highest BCUT2D eigenvalue weighted by Crippen LogP contribution is 2.23. The third kappa shape index (κ3) is 4.23. The maximum atomic E-state index is 12.7. The van der Waals surface area contributed by atoms with Crippen molar-refractivity contribution < 1.29 is 4.79 Å². The molecule has 3 heterocycles. The molecule has 0 saturated carbocycles. The van der Waals surface area contributed by atoms with Gasteiger partial charge < -0.3 is 10.6 Å². The molecule has 2 aromatic heterocycles. The Labute approximate surface area is 153 Å². The van der Waals surface area contributed by atoms with Crippen molar-refractivity contribution in [3.05, 3.63) is 36.5 Å². The standard InChI is InChI=1S/C15H20N6O.2ClH/c1-11-4-5-20(13(6-11)7-16)15(22)12-2-3-14(18-8-12)21-10-17-9-19-21;;/h2-3,8-11,13H,4-7,16H2,1H3;2*1H. The van der Waals surface area contributed by atoms with Gasteiger partial charge in [-0.2, -0.15) is 5.10 Å². The second-order valence-corrected chi connectivity index (χ2v) is 5.76. The average Bonchev–Trinajstić information content (AvgIpc) is 3.08. The van der Waals surface area contributed by atoms with E-state index < -0.39 is 0 Å². The van der Waals surface area contributed by atoms with E-state index in [0.29, 0.717) is 23.8 Å². The van der Waals surface area contributed by atoms with Crippen LogP contribution in [0, 0.1) is 5.92 Å². The highest BCUT2D eigenvalue weighted by molar-refractivity contribution is 5.94. The second-order valence-electron chi connectivity index (χ2n) is 5.76. The molecule has 132 valence electrons. The predicted octanol–water partition coefficient (Wildman–Crippen LogP) is 1.71. The number of pyridine rings is 1. The zero-order valence-corrected chi connectivity index (χ0v) is 15.0. The van der Waals surface area contributed by atoms with Crippen LogP contribution in [-0.4, -0.2) is 49.7 Å². The van der Waals surface area contributed by atoms with E-state index in [-0.39, 0.29) is 36.8 Å².